The molecular weight excluding hydrogens is 394 g/mol. The van der Waals surface area contributed by atoms with Gasteiger partial charge in [-0.1, -0.05) is 41.9 Å². The molecular formula is C24H24ClN5. The number of aryl methyl sites for hydroxylation is 1. The lowest BCUT2D eigenvalue weighted by Crippen LogP contribution is -2.34. The van der Waals surface area contributed by atoms with Crippen LogP contribution in [0.5, 0.6) is 0 Å². The van der Waals surface area contributed by atoms with Gasteiger partial charge in [-0.2, -0.15) is 10.1 Å². The first-order chi connectivity index (χ1) is 14.7. The van der Waals surface area contributed by atoms with Crippen LogP contribution in [0.15, 0.2) is 60.9 Å². The standard InChI is InChI=1S/C24H24ClN5/c1-17-11-23(30-24(28-17)26-16-27-30)21-8-4-10-29(15-21)14-18-5-2-6-19(12-18)20-7-3-9-22(25)13-20/h2-3,5-7,9,11-13,16,21H,4,8,10,14-15H2,1H3. The Labute approximate surface area is 181 Å². The highest BCUT2D eigenvalue weighted by atomic mass is 35.5. The molecule has 0 N–H and O–H groups in total. The Kier molecular flexibility index (Phi) is 5.23. The number of halogens is 1. The van der Waals surface area contributed by atoms with Crippen LogP contribution in [0, 0.1) is 6.92 Å². The van der Waals surface area contributed by atoms with Gasteiger partial charge in [0.2, 0.25) is 0 Å². The average molecular weight is 418 g/mol. The lowest BCUT2D eigenvalue weighted by molar-refractivity contribution is 0.197. The first-order valence-electron chi connectivity index (χ1n) is 10.4. The summed E-state index contributed by atoms with van der Waals surface area (Å²) in [4.78, 5) is 11.3. The van der Waals surface area contributed by atoms with E-state index in [1.54, 1.807) is 6.33 Å². The van der Waals surface area contributed by atoms with Gasteiger partial charge in [0.1, 0.15) is 6.33 Å². The molecule has 4 aromatic rings. The minimum Gasteiger partial charge on any atom is -0.298 e. The molecule has 0 saturated carbocycles. The number of hydrogen-bond donors (Lipinski definition) is 0. The molecule has 2 aromatic carbocycles. The van der Waals surface area contributed by atoms with Gasteiger partial charge < -0.3 is 0 Å². The van der Waals surface area contributed by atoms with Crippen LogP contribution in [0.4, 0.5) is 0 Å². The van der Waals surface area contributed by atoms with Crippen molar-refractivity contribution in [3.63, 3.8) is 0 Å². The topological polar surface area (TPSA) is 46.3 Å². The van der Waals surface area contributed by atoms with E-state index < -0.39 is 0 Å². The quantitative estimate of drug-likeness (QED) is 0.461. The molecule has 1 aliphatic rings. The molecule has 1 fully saturated rings. The van der Waals surface area contributed by atoms with E-state index in [0.717, 1.165) is 42.3 Å². The second-order valence-corrected chi connectivity index (χ2v) is 8.52. The Morgan fingerprint density at radius 1 is 1.07 bits per heavy atom. The molecule has 0 radical (unpaired) electrons. The van der Waals surface area contributed by atoms with Crippen molar-refractivity contribution >= 4 is 17.4 Å². The fraction of sp³-hybridized carbons (Fsp3) is 0.292. The van der Waals surface area contributed by atoms with Crippen molar-refractivity contribution in [2.75, 3.05) is 13.1 Å². The van der Waals surface area contributed by atoms with Crippen molar-refractivity contribution in [3.8, 4) is 11.1 Å². The molecule has 30 heavy (non-hydrogen) atoms. The van der Waals surface area contributed by atoms with Gasteiger partial charge in [-0.05, 0) is 67.3 Å². The van der Waals surface area contributed by atoms with E-state index in [1.807, 2.05) is 29.6 Å². The fourth-order valence-corrected chi connectivity index (χ4v) is 4.66. The largest absolute Gasteiger partial charge is 0.298 e. The number of benzene rings is 2. The Hall–Kier alpha value is -2.76. The minimum atomic E-state index is 0.431. The number of aromatic nitrogens is 4. The number of likely N-dealkylation sites (tertiary alicyclic amines) is 1. The summed E-state index contributed by atoms with van der Waals surface area (Å²) in [6.07, 6.45) is 3.93. The molecule has 1 atom stereocenters. The van der Waals surface area contributed by atoms with E-state index in [1.165, 1.54) is 23.2 Å². The highest BCUT2D eigenvalue weighted by Gasteiger charge is 2.24. The Morgan fingerprint density at radius 2 is 1.90 bits per heavy atom. The van der Waals surface area contributed by atoms with Crippen molar-refractivity contribution < 1.29 is 0 Å². The maximum absolute atomic E-state index is 6.18. The molecule has 1 saturated heterocycles. The molecule has 5 nitrogen and oxygen atoms in total. The zero-order chi connectivity index (χ0) is 20.5. The predicted octanol–water partition coefficient (Wildman–Crippen LogP) is 5.13. The zero-order valence-corrected chi connectivity index (χ0v) is 17.8. The van der Waals surface area contributed by atoms with Gasteiger partial charge >= 0.3 is 0 Å². The number of fused-ring (bicyclic) bond motifs is 1. The molecule has 1 aliphatic heterocycles. The Balaban J connectivity index is 1.36. The highest BCUT2D eigenvalue weighted by molar-refractivity contribution is 6.30. The van der Waals surface area contributed by atoms with E-state index in [0.29, 0.717) is 11.7 Å². The van der Waals surface area contributed by atoms with Crippen LogP contribution in [0.25, 0.3) is 16.9 Å². The van der Waals surface area contributed by atoms with Gasteiger partial charge in [0.05, 0.1) is 5.69 Å². The lowest BCUT2D eigenvalue weighted by atomic mass is 9.93. The third-order valence-electron chi connectivity index (χ3n) is 5.82. The van der Waals surface area contributed by atoms with Crippen molar-refractivity contribution in [2.24, 2.45) is 0 Å². The maximum atomic E-state index is 6.18. The Bertz CT molecular complexity index is 1190. The third kappa shape index (κ3) is 3.95. The van der Waals surface area contributed by atoms with Crippen LogP contribution in [-0.4, -0.2) is 37.6 Å². The van der Waals surface area contributed by atoms with E-state index in [9.17, 15) is 0 Å². The zero-order valence-electron chi connectivity index (χ0n) is 17.0. The van der Waals surface area contributed by atoms with Gasteiger partial charge in [0.25, 0.3) is 5.78 Å². The summed E-state index contributed by atoms with van der Waals surface area (Å²) in [5.41, 5.74) is 5.90. The van der Waals surface area contributed by atoms with Crippen molar-refractivity contribution in [1.82, 2.24) is 24.5 Å². The summed E-state index contributed by atoms with van der Waals surface area (Å²) in [5.74, 6) is 1.12. The summed E-state index contributed by atoms with van der Waals surface area (Å²) in [7, 11) is 0. The van der Waals surface area contributed by atoms with Crippen molar-refractivity contribution in [2.45, 2.75) is 32.2 Å². The van der Waals surface area contributed by atoms with Crippen LogP contribution in [0.1, 0.15) is 35.7 Å². The van der Waals surface area contributed by atoms with Gasteiger partial charge in [-0.25, -0.2) is 9.50 Å². The van der Waals surface area contributed by atoms with E-state index in [-0.39, 0.29) is 0 Å². The highest BCUT2D eigenvalue weighted by Crippen LogP contribution is 2.29. The smallest absolute Gasteiger partial charge is 0.252 e. The summed E-state index contributed by atoms with van der Waals surface area (Å²) in [6.45, 7) is 5.10. The third-order valence-corrected chi connectivity index (χ3v) is 6.06. The normalized spacial score (nSPS) is 17.5. The molecule has 0 bridgehead atoms. The number of nitrogens with zero attached hydrogens (tertiary/aromatic N) is 5. The van der Waals surface area contributed by atoms with Crippen molar-refractivity contribution in [1.29, 1.82) is 0 Å². The van der Waals surface area contributed by atoms with Crippen LogP contribution in [0.2, 0.25) is 5.02 Å². The first kappa shape index (κ1) is 19.2. The summed E-state index contributed by atoms with van der Waals surface area (Å²) in [6, 6.07) is 19.0. The molecule has 5 rings (SSSR count). The van der Waals surface area contributed by atoms with Crippen molar-refractivity contribution in [3.05, 3.63) is 82.9 Å². The summed E-state index contributed by atoms with van der Waals surface area (Å²) in [5, 5.41) is 5.18. The van der Waals surface area contributed by atoms with Crippen LogP contribution < -0.4 is 0 Å². The first-order valence-corrected chi connectivity index (χ1v) is 10.8. The second kappa shape index (κ2) is 8.17. The van der Waals surface area contributed by atoms with Gasteiger partial charge in [-0.3, -0.25) is 4.90 Å². The molecule has 6 heteroatoms. The van der Waals surface area contributed by atoms with Crippen LogP contribution >= 0.6 is 11.6 Å². The molecule has 1 unspecified atom stereocenters. The van der Waals surface area contributed by atoms with E-state index in [4.69, 9.17) is 11.6 Å². The summed E-state index contributed by atoms with van der Waals surface area (Å²) >= 11 is 6.18. The maximum Gasteiger partial charge on any atom is 0.252 e. The Morgan fingerprint density at radius 3 is 2.77 bits per heavy atom. The number of rotatable bonds is 4. The van der Waals surface area contributed by atoms with Gasteiger partial charge in [-0.15, -0.1) is 0 Å². The van der Waals surface area contributed by atoms with E-state index >= 15 is 0 Å². The summed E-state index contributed by atoms with van der Waals surface area (Å²) < 4.78 is 1.90. The number of piperidine rings is 1. The molecule has 0 amide bonds. The predicted molar refractivity (Wildman–Crippen MR) is 120 cm³/mol. The average Bonchev–Trinajstić information content (AvgIpc) is 3.22. The monoisotopic (exact) mass is 417 g/mol. The SMILES string of the molecule is Cc1cc(C2CCCN(Cc3cccc(-c4cccc(Cl)c4)c3)C2)n2ncnc2n1. The molecule has 152 valence electrons. The molecule has 0 aliphatic carbocycles. The van der Waals surface area contributed by atoms with Crippen LogP contribution in [0.3, 0.4) is 0 Å². The molecule has 3 heterocycles. The molecule has 2 aromatic heterocycles. The minimum absolute atomic E-state index is 0.431. The second-order valence-electron chi connectivity index (χ2n) is 8.08. The fourth-order valence-electron chi connectivity index (χ4n) is 4.47. The van der Waals surface area contributed by atoms with Gasteiger partial charge in [0, 0.05) is 29.7 Å². The lowest BCUT2D eigenvalue weighted by Gasteiger charge is -2.33. The van der Waals surface area contributed by atoms with Crippen LogP contribution in [-0.2, 0) is 6.54 Å². The molecule has 0 spiro atoms. The number of hydrogen-bond acceptors (Lipinski definition) is 4. The van der Waals surface area contributed by atoms with Gasteiger partial charge in [0.15, 0.2) is 0 Å². The van der Waals surface area contributed by atoms with E-state index in [2.05, 4.69) is 56.4 Å².